The fourth-order valence-electron chi connectivity index (χ4n) is 4.03. The summed E-state index contributed by atoms with van der Waals surface area (Å²) in [7, 11) is 1.91. The van der Waals surface area contributed by atoms with Crippen molar-refractivity contribution in [1.29, 1.82) is 0 Å². The second kappa shape index (κ2) is 10.1. The van der Waals surface area contributed by atoms with Crippen molar-refractivity contribution in [2.45, 2.75) is 61.3 Å². The third kappa shape index (κ3) is 5.62. The molecule has 1 nitrogen and oxygen atoms in total. The summed E-state index contributed by atoms with van der Waals surface area (Å²) < 4.78 is 15.5. The SMILES string of the molecule is C=C(/C=C\c1c(NC)cc(CC(C)C)c(F)c1CC(C)C)c1cc(C)cc(C)c1C. The van der Waals surface area contributed by atoms with Crippen LogP contribution in [0.3, 0.4) is 0 Å². The summed E-state index contributed by atoms with van der Waals surface area (Å²) in [6, 6.07) is 6.34. The molecule has 0 saturated carbocycles. The smallest absolute Gasteiger partial charge is 0.130 e. The first-order valence-corrected chi connectivity index (χ1v) is 11.0. The first kappa shape index (κ1) is 23.9. The van der Waals surface area contributed by atoms with Crippen LogP contribution < -0.4 is 5.32 Å². The summed E-state index contributed by atoms with van der Waals surface area (Å²) in [5.41, 5.74) is 9.33. The van der Waals surface area contributed by atoms with Crippen LogP contribution in [0.4, 0.5) is 10.1 Å². The highest BCUT2D eigenvalue weighted by molar-refractivity contribution is 5.82. The second-order valence-electron chi connectivity index (χ2n) is 9.35. The largest absolute Gasteiger partial charge is 0.388 e. The highest BCUT2D eigenvalue weighted by atomic mass is 19.1. The summed E-state index contributed by atoms with van der Waals surface area (Å²) in [6.45, 7) is 19.2. The van der Waals surface area contributed by atoms with Gasteiger partial charge in [0.25, 0.3) is 0 Å². The molecule has 2 aromatic carbocycles. The molecule has 0 spiro atoms. The van der Waals surface area contributed by atoms with Gasteiger partial charge in [-0.2, -0.15) is 0 Å². The zero-order valence-electron chi connectivity index (χ0n) is 20.0. The van der Waals surface area contributed by atoms with E-state index in [4.69, 9.17) is 0 Å². The molecule has 0 bridgehead atoms. The summed E-state index contributed by atoms with van der Waals surface area (Å²) in [5, 5.41) is 3.30. The molecular weight excluding hydrogens is 369 g/mol. The number of anilines is 1. The van der Waals surface area contributed by atoms with Crippen molar-refractivity contribution >= 4 is 17.3 Å². The van der Waals surface area contributed by atoms with E-state index in [1.807, 2.05) is 25.3 Å². The number of hydrogen-bond donors (Lipinski definition) is 1. The third-order valence-corrected chi connectivity index (χ3v) is 5.60. The molecule has 0 amide bonds. The number of nitrogens with one attached hydrogen (secondary N) is 1. The molecule has 0 radical (unpaired) electrons. The predicted octanol–water partition coefficient (Wildman–Crippen LogP) is 7.92. The number of hydrogen-bond acceptors (Lipinski definition) is 1. The second-order valence-corrected chi connectivity index (χ2v) is 9.35. The summed E-state index contributed by atoms with van der Waals surface area (Å²) in [6.07, 6.45) is 5.51. The Hall–Kier alpha value is -2.35. The van der Waals surface area contributed by atoms with E-state index in [9.17, 15) is 0 Å². The van der Waals surface area contributed by atoms with E-state index < -0.39 is 0 Å². The summed E-state index contributed by atoms with van der Waals surface area (Å²) in [4.78, 5) is 0. The van der Waals surface area contributed by atoms with Gasteiger partial charge < -0.3 is 5.32 Å². The molecule has 0 heterocycles. The fourth-order valence-corrected chi connectivity index (χ4v) is 4.03. The Labute approximate surface area is 183 Å². The quantitative estimate of drug-likeness (QED) is 0.438. The van der Waals surface area contributed by atoms with Crippen LogP contribution in [0.2, 0.25) is 0 Å². The molecule has 0 aromatic heterocycles. The topological polar surface area (TPSA) is 12.0 Å². The van der Waals surface area contributed by atoms with Gasteiger partial charge in [0.1, 0.15) is 5.82 Å². The molecule has 0 fully saturated rings. The van der Waals surface area contributed by atoms with Crippen LogP contribution in [0.25, 0.3) is 11.6 Å². The Morgan fingerprint density at radius 3 is 2.23 bits per heavy atom. The molecule has 0 aliphatic carbocycles. The lowest BCUT2D eigenvalue weighted by Crippen LogP contribution is -2.09. The zero-order chi connectivity index (χ0) is 22.6. The molecule has 0 aliphatic heterocycles. The van der Waals surface area contributed by atoms with Crippen LogP contribution in [-0.2, 0) is 12.8 Å². The lowest BCUT2D eigenvalue weighted by Gasteiger charge is -2.19. The Morgan fingerprint density at radius 2 is 1.67 bits per heavy atom. The monoisotopic (exact) mass is 407 g/mol. The number of allylic oxidation sites excluding steroid dienone is 2. The molecule has 162 valence electrons. The highest BCUT2D eigenvalue weighted by Gasteiger charge is 2.18. The van der Waals surface area contributed by atoms with E-state index in [1.54, 1.807) is 0 Å². The minimum Gasteiger partial charge on any atom is -0.388 e. The molecule has 0 atom stereocenters. The van der Waals surface area contributed by atoms with Gasteiger partial charge in [0, 0.05) is 18.3 Å². The van der Waals surface area contributed by atoms with Gasteiger partial charge in [-0.25, -0.2) is 4.39 Å². The van der Waals surface area contributed by atoms with Crippen molar-refractivity contribution in [3.05, 3.63) is 75.6 Å². The molecular formula is C28H38FN. The van der Waals surface area contributed by atoms with E-state index in [0.717, 1.165) is 39.9 Å². The maximum atomic E-state index is 15.5. The molecule has 2 rings (SSSR count). The van der Waals surface area contributed by atoms with Crippen LogP contribution in [0.1, 0.15) is 66.6 Å². The zero-order valence-corrected chi connectivity index (χ0v) is 20.0. The fraction of sp³-hybridized carbons (Fsp3) is 0.429. The number of halogens is 1. The van der Waals surface area contributed by atoms with Crippen molar-refractivity contribution < 1.29 is 4.39 Å². The van der Waals surface area contributed by atoms with Crippen LogP contribution in [0.15, 0.2) is 30.9 Å². The number of rotatable bonds is 8. The molecule has 0 unspecified atom stereocenters. The van der Waals surface area contributed by atoms with Crippen molar-refractivity contribution in [3.8, 4) is 0 Å². The first-order chi connectivity index (χ1) is 14.0. The number of aryl methyl sites for hydroxylation is 2. The first-order valence-electron chi connectivity index (χ1n) is 11.0. The Bertz CT molecular complexity index is 948. The number of benzene rings is 2. The summed E-state index contributed by atoms with van der Waals surface area (Å²) >= 11 is 0. The highest BCUT2D eigenvalue weighted by Crippen LogP contribution is 2.32. The van der Waals surface area contributed by atoms with Gasteiger partial charge in [0.05, 0.1) is 0 Å². The van der Waals surface area contributed by atoms with Crippen molar-refractivity contribution in [1.82, 2.24) is 0 Å². The van der Waals surface area contributed by atoms with Gasteiger partial charge in [0.2, 0.25) is 0 Å². The van der Waals surface area contributed by atoms with Crippen molar-refractivity contribution in [2.75, 3.05) is 12.4 Å². The normalized spacial score (nSPS) is 11.7. The van der Waals surface area contributed by atoms with Crippen LogP contribution in [0, 0.1) is 38.4 Å². The van der Waals surface area contributed by atoms with Gasteiger partial charge in [-0.3, -0.25) is 0 Å². The maximum absolute atomic E-state index is 15.5. The van der Waals surface area contributed by atoms with Gasteiger partial charge in [-0.15, -0.1) is 0 Å². The summed E-state index contributed by atoms with van der Waals surface area (Å²) in [5.74, 6) is 0.726. The third-order valence-electron chi connectivity index (χ3n) is 5.60. The Balaban J connectivity index is 2.56. The van der Waals surface area contributed by atoms with E-state index in [2.05, 4.69) is 72.5 Å². The molecule has 2 heteroatoms. The van der Waals surface area contributed by atoms with E-state index in [0.29, 0.717) is 18.3 Å². The standard InChI is InChI=1S/C28H38FN/c1-17(2)12-23-16-27(30-9)24(26(28(23)29)13-18(3)4)11-10-20(6)25-15-19(5)14-21(7)22(25)8/h10-11,14-18,30H,6,12-13H2,1-5,7-9H3/b11-10-. The molecule has 1 N–H and O–H groups in total. The lowest BCUT2D eigenvalue weighted by molar-refractivity contribution is 0.544. The van der Waals surface area contributed by atoms with E-state index in [1.165, 1.54) is 16.7 Å². The molecule has 0 aliphatic rings. The minimum absolute atomic E-state index is 0.0516. The Morgan fingerprint density at radius 1 is 1.03 bits per heavy atom. The Kier molecular flexibility index (Phi) is 8.06. The van der Waals surface area contributed by atoms with E-state index in [-0.39, 0.29) is 5.82 Å². The van der Waals surface area contributed by atoms with Gasteiger partial charge in [-0.05, 0) is 84.9 Å². The minimum atomic E-state index is -0.0516. The molecule has 30 heavy (non-hydrogen) atoms. The van der Waals surface area contributed by atoms with E-state index >= 15 is 4.39 Å². The van der Waals surface area contributed by atoms with Crippen LogP contribution in [-0.4, -0.2) is 7.05 Å². The molecule has 2 aromatic rings. The maximum Gasteiger partial charge on any atom is 0.130 e. The van der Waals surface area contributed by atoms with Gasteiger partial charge >= 0.3 is 0 Å². The van der Waals surface area contributed by atoms with Crippen molar-refractivity contribution in [2.24, 2.45) is 11.8 Å². The van der Waals surface area contributed by atoms with Gasteiger partial charge in [0.15, 0.2) is 0 Å². The van der Waals surface area contributed by atoms with Crippen LogP contribution in [0.5, 0.6) is 0 Å². The average molecular weight is 408 g/mol. The molecule has 0 saturated heterocycles. The lowest BCUT2D eigenvalue weighted by atomic mass is 9.90. The average Bonchev–Trinajstić information content (AvgIpc) is 2.65. The van der Waals surface area contributed by atoms with Gasteiger partial charge in [-0.1, -0.05) is 64.1 Å². The predicted molar refractivity (Wildman–Crippen MR) is 132 cm³/mol. The van der Waals surface area contributed by atoms with Crippen molar-refractivity contribution in [3.63, 3.8) is 0 Å². The van der Waals surface area contributed by atoms with Crippen LogP contribution >= 0.6 is 0 Å².